The average molecular weight is 472 g/mol. The first-order valence-electron chi connectivity index (χ1n) is 8.86. The highest BCUT2D eigenvalue weighted by molar-refractivity contribution is 9.10. The molecule has 7 nitrogen and oxygen atoms in total. The van der Waals surface area contributed by atoms with E-state index in [0.717, 1.165) is 11.8 Å². The minimum Gasteiger partial charge on any atom is -0.465 e. The van der Waals surface area contributed by atoms with Crippen LogP contribution in [-0.2, 0) is 25.5 Å². The first kappa shape index (κ1) is 28.8. The summed E-state index contributed by atoms with van der Waals surface area (Å²) in [7, 11) is 0. The third-order valence-corrected chi connectivity index (χ3v) is 4.95. The van der Waals surface area contributed by atoms with Crippen LogP contribution >= 0.6 is 15.9 Å². The van der Waals surface area contributed by atoms with E-state index in [-0.39, 0.29) is 37.7 Å². The molecule has 1 N–H and O–H groups in total. The maximum atomic E-state index is 12.3. The number of ether oxygens (including phenoxy) is 2. The van der Waals surface area contributed by atoms with Crippen LogP contribution in [0.1, 0.15) is 57.5 Å². The number of aliphatic hydroxyl groups excluding tert-OH is 1. The Morgan fingerprint density at radius 2 is 1.52 bits per heavy atom. The van der Waals surface area contributed by atoms with Crippen molar-refractivity contribution in [3.8, 4) is 6.26 Å². The number of alkyl halides is 1. The van der Waals surface area contributed by atoms with Gasteiger partial charge in [-0.25, -0.2) is 0 Å². The van der Waals surface area contributed by atoms with E-state index < -0.39 is 17.4 Å². The third-order valence-electron chi connectivity index (χ3n) is 3.89. The van der Waals surface area contributed by atoms with E-state index in [4.69, 9.17) is 19.8 Å². The number of halogens is 1. The van der Waals surface area contributed by atoms with Gasteiger partial charge >= 0.3 is 11.9 Å². The molecule has 1 rings (SSSR count). The minimum absolute atomic E-state index is 0. The van der Waals surface area contributed by atoms with Crippen LogP contribution in [0.15, 0.2) is 24.3 Å². The van der Waals surface area contributed by atoms with Crippen molar-refractivity contribution >= 4 is 33.7 Å². The molecule has 162 valence electrons. The van der Waals surface area contributed by atoms with Crippen LogP contribution in [0.5, 0.6) is 0 Å². The van der Waals surface area contributed by atoms with Gasteiger partial charge in [-0.05, 0) is 39.2 Å². The minimum atomic E-state index is -1.42. The van der Waals surface area contributed by atoms with Crippen molar-refractivity contribution in [3.63, 3.8) is 0 Å². The number of carbonyl (C=O) groups is 3. The van der Waals surface area contributed by atoms with E-state index in [1.807, 2.05) is 6.92 Å². The molecule has 0 saturated heterocycles. The molecule has 0 aromatic heterocycles. The van der Waals surface area contributed by atoms with Crippen molar-refractivity contribution in [1.29, 1.82) is 5.26 Å². The Labute approximate surface area is 181 Å². The van der Waals surface area contributed by atoms with Crippen LogP contribution in [-0.4, -0.2) is 40.9 Å². The van der Waals surface area contributed by atoms with E-state index in [1.165, 1.54) is 6.92 Å². The van der Waals surface area contributed by atoms with E-state index in [1.54, 1.807) is 38.1 Å². The number of carbonyl (C=O) groups excluding carboxylic acids is 3. The molecule has 0 aliphatic rings. The highest BCUT2D eigenvalue weighted by atomic mass is 79.9. The number of nitriles is 1. The number of Topliss-reactive ketones (excluding diaryl/α,β-unsaturated/α-hetero) is 1. The molecule has 0 fully saturated rings. The summed E-state index contributed by atoms with van der Waals surface area (Å²) >= 11 is 3.35. The van der Waals surface area contributed by atoms with Crippen molar-refractivity contribution in [2.45, 2.75) is 52.8 Å². The number of esters is 2. The van der Waals surface area contributed by atoms with Gasteiger partial charge in [-0.1, -0.05) is 54.5 Å². The van der Waals surface area contributed by atoms with E-state index in [9.17, 15) is 14.4 Å². The van der Waals surface area contributed by atoms with Gasteiger partial charge in [0.1, 0.15) is 0 Å². The zero-order chi connectivity index (χ0) is 21.7. The number of hydrogen-bond acceptors (Lipinski definition) is 7. The molecule has 1 aromatic rings. The number of rotatable bonds is 9. The molecule has 0 aliphatic carbocycles. The SMILES string of the molecule is C.CCOC(=O)C(C)(Cc1ccc(C(=O)C(Br)CC)cc1)C(=O)OCC.N#CO. The molecule has 0 amide bonds. The summed E-state index contributed by atoms with van der Waals surface area (Å²) in [5.74, 6) is -1.21. The fourth-order valence-corrected chi connectivity index (χ4v) is 2.63. The third kappa shape index (κ3) is 8.65. The zero-order valence-electron chi connectivity index (χ0n) is 16.5. The Morgan fingerprint density at radius 3 is 1.86 bits per heavy atom. The number of nitrogens with zero attached hydrogens (tertiary/aromatic N) is 1. The second-order valence-corrected chi connectivity index (χ2v) is 7.09. The molecule has 0 saturated carbocycles. The van der Waals surface area contributed by atoms with Gasteiger partial charge in [0.05, 0.1) is 18.0 Å². The summed E-state index contributed by atoms with van der Waals surface area (Å²) in [6.45, 7) is 7.20. The number of benzene rings is 1. The lowest BCUT2D eigenvalue weighted by atomic mass is 9.83. The smallest absolute Gasteiger partial charge is 0.323 e. The first-order valence-corrected chi connectivity index (χ1v) is 9.78. The van der Waals surface area contributed by atoms with Crippen molar-refractivity contribution in [3.05, 3.63) is 35.4 Å². The number of hydrogen-bond donors (Lipinski definition) is 1. The summed E-state index contributed by atoms with van der Waals surface area (Å²) in [5.41, 5.74) is -0.0805. The Hall–Kier alpha value is -2.40. The molecular weight excluding hydrogens is 442 g/mol. The lowest BCUT2D eigenvalue weighted by Crippen LogP contribution is -2.41. The number of aliphatic hydroxyl groups is 1. The highest BCUT2D eigenvalue weighted by Crippen LogP contribution is 2.27. The van der Waals surface area contributed by atoms with Crippen LogP contribution in [0.25, 0.3) is 0 Å². The van der Waals surface area contributed by atoms with Gasteiger partial charge in [-0.3, -0.25) is 14.4 Å². The fourth-order valence-electron chi connectivity index (χ4n) is 2.37. The zero-order valence-corrected chi connectivity index (χ0v) is 18.1. The van der Waals surface area contributed by atoms with Crippen LogP contribution in [0, 0.1) is 16.9 Å². The summed E-state index contributed by atoms with van der Waals surface area (Å²) in [6, 6.07) is 6.91. The molecule has 0 spiro atoms. The highest BCUT2D eigenvalue weighted by Gasteiger charge is 2.44. The molecule has 29 heavy (non-hydrogen) atoms. The van der Waals surface area contributed by atoms with Gasteiger partial charge in [-0.2, -0.15) is 5.26 Å². The standard InChI is InChI=1S/C19H25BrO5.CHNO.CH4/c1-5-15(20)16(21)14-10-8-13(9-11-14)12-19(4,17(22)24-6-2)18(23)25-7-3;2-1-3;/h8-11,15H,5-7,12H2,1-4H3;3H;1H4. The van der Waals surface area contributed by atoms with E-state index in [2.05, 4.69) is 15.9 Å². The van der Waals surface area contributed by atoms with E-state index >= 15 is 0 Å². The first-order chi connectivity index (χ1) is 13.2. The lowest BCUT2D eigenvalue weighted by molar-refractivity contribution is -0.170. The summed E-state index contributed by atoms with van der Waals surface area (Å²) < 4.78 is 10.1. The Bertz CT molecular complexity index is 678. The Morgan fingerprint density at radius 1 is 1.10 bits per heavy atom. The van der Waals surface area contributed by atoms with Crippen molar-refractivity contribution in [1.82, 2.24) is 0 Å². The Kier molecular flexibility index (Phi) is 14.5. The van der Waals surface area contributed by atoms with Crippen LogP contribution in [0.4, 0.5) is 0 Å². The topological polar surface area (TPSA) is 114 Å². The molecule has 1 unspecified atom stereocenters. The van der Waals surface area contributed by atoms with Gasteiger partial charge in [0, 0.05) is 5.56 Å². The molecule has 1 atom stereocenters. The maximum absolute atomic E-state index is 12.3. The Balaban J connectivity index is 0. The molecule has 0 heterocycles. The lowest BCUT2D eigenvalue weighted by Gasteiger charge is -2.25. The molecule has 0 aliphatic heterocycles. The van der Waals surface area contributed by atoms with E-state index in [0.29, 0.717) is 12.0 Å². The van der Waals surface area contributed by atoms with Gasteiger partial charge in [0.15, 0.2) is 11.2 Å². The van der Waals surface area contributed by atoms with Gasteiger partial charge in [-0.15, -0.1) is 0 Å². The predicted molar refractivity (Wildman–Crippen MR) is 113 cm³/mol. The van der Waals surface area contributed by atoms with Crippen molar-refractivity contribution in [2.24, 2.45) is 5.41 Å². The molecular formula is C21H30BrNO6. The van der Waals surface area contributed by atoms with Gasteiger partial charge in [0.25, 0.3) is 6.26 Å². The van der Waals surface area contributed by atoms with Crippen LogP contribution < -0.4 is 0 Å². The number of ketones is 1. The second kappa shape index (κ2) is 14.6. The van der Waals surface area contributed by atoms with Crippen LogP contribution in [0.2, 0.25) is 0 Å². The molecule has 1 aromatic carbocycles. The monoisotopic (exact) mass is 471 g/mol. The quantitative estimate of drug-likeness (QED) is 0.188. The van der Waals surface area contributed by atoms with Crippen molar-refractivity contribution < 1.29 is 29.0 Å². The van der Waals surface area contributed by atoms with Crippen molar-refractivity contribution in [2.75, 3.05) is 13.2 Å². The second-order valence-electron chi connectivity index (χ2n) is 5.99. The van der Waals surface area contributed by atoms with Gasteiger partial charge in [0.2, 0.25) is 0 Å². The molecule has 0 bridgehead atoms. The summed E-state index contributed by atoms with van der Waals surface area (Å²) in [6.07, 6.45) is 1.59. The maximum Gasteiger partial charge on any atom is 0.323 e. The fraction of sp³-hybridized carbons (Fsp3) is 0.524. The summed E-state index contributed by atoms with van der Waals surface area (Å²) in [5, 5.41) is 13.8. The normalized spacial score (nSPS) is 10.9. The molecule has 0 radical (unpaired) electrons. The predicted octanol–water partition coefficient (Wildman–Crippen LogP) is 4.19. The molecule has 8 heteroatoms. The summed E-state index contributed by atoms with van der Waals surface area (Å²) in [4.78, 5) is 36.6. The average Bonchev–Trinajstić information content (AvgIpc) is 2.68. The van der Waals surface area contributed by atoms with Crippen LogP contribution in [0.3, 0.4) is 0 Å². The largest absolute Gasteiger partial charge is 0.465 e. The van der Waals surface area contributed by atoms with Gasteiger partial charge < -0.3 is 14.6 Å².